The van der Waals surface area contributed by atoms with Crippen LogP contribution in [0.5, 0.6) is 0 Å². The first-order valence-corrected chi connectivity index (χ1v) is 5.93. The van der Waals surface area contributed by atoms with Crippen molar-refractivity contribution >= 4 is 5.69 Å². The molecular weight excluding hydrogens is 243 g/mol. The summed E-state index contributed by atoms with van der Waals surface area (Å²) in [6.07, 6.45) is -2.08. The Balaban J connectivity index is 2.08. The molecule has 0 bridgehead atoms. The molecule has 2 rings (SSSR count). The van der Waals surface area contributed by atoms with E-state index in [2.05, 4.69) is 5.32 Å². The van der Waals surface area contributed by atoms with E-state index in [-0.39, 0.29) is 6.04 Å². The molecule has 0 radical (unpaired) electrons. The van der Waals surface area contributed by atoms with Crippen molar-refractivity contribution in [2.75, 3.05) is 19.0 Å². The van der Waals surface area contributed by atoms with Gasteiger partial charge in [-0.25, -0.2) is 0 Å². The second-order valence-corrected chi connectivity index (χ2v) is 4.62. The number of ether oxygens (including phenoxy) is 1. The third kappa shape index (κ3) is 3.38. The molecule has 1 aromatic rings. The van der Waals surface area contributed by atoms with Gasteiger partial charge in [0.05, 0.1) is 18.2 Å². The summed E-state index contributed by atoms with van der Waals surface area (Å²) in [5, 5.41) is 3.13. The molecule has 18 heavy (non-hydrogen) atoms. The molecule has 1 saturated carbocycles. The second-order valence-electron chi connectivity index (χ2n) is 4.62. The number of methoxy groups -OCH3 is 1. The predicted octanol–water partition coefficient (Wildman–Crippen LogP) is 3.54. The zero-order valence-corrected chi connectivity index (χ0v) is 10.1. The minimum absolute atomic E-state index is 0.0958. The molecule has 1 aliphatic rings. The van der Waals surface area contributed by atoms with Gasteiger partial charge in [-0.3, -0.25) is 0 Å². The smallest absolute Gasteiger partial charge is 0.383 e. The van der Waals surface area contributed by atoms with Gasteiger partial charge in [-0.1, -0.05) is 6.07 Å². The van der Waals surface area contributed by atoms with E-state index in [9.17, 15) is 13.2 Å². The van der Waals surface area contributed by atoms with Gasteiger partial charge < -0.3 is 10.1 Å². The van der Waals surface area contributed by atoms with Crippen LogP contribution in [-0.2, 0) is 10.9 Å². The lowest BCUT2D eigenvalue weighted by Gasteiger charge is -2.19. The fourth-order valence-electron chi connectivity index (χ4n) is 1.97. The van der Waals surface area contributed by atoms with Gasteiger partial charge in [-0.05, 0) is 37.0 Å². The highest BCUT2D eigenvalue weighted by Gasteiger charge is 2.33. The average molecular weight is 259 g/mol. The number of anilines is 1. The lowest BCUT2D eigenvalue weighted by molar-refractivity contribution is -0.137. The molecule has 0 amide bonds. The van der Waals surface area contributed by atoms with Crippen molar-refractivity contribution < 1.29 is 17.9 Å². The molecule has 0 saturated heterocycles. The minimum atomic E-state index is -4.30. The number of hydrogen-bond donors (Lipinski definition) is 1. The molecule has 1 unspecified atom stereocenters. The summed E-state index contributed by atoms with van der Waals surface area (Å²) in [6, 6.07) is 5.39. The van der Waals surface area contributed by atoms with Crippen LogP contribution in [0.3, 0.4) is 0 Å². The van der Waals surface area contributed by atoms with E-state index in [0.29, 0.717) is 18.2 Å². The third-order valence-electron chi connectivity index (χ3n) is 3.08. The minimum Gasteiger partial charge on any atom is -0.383 e. The van der Waals surface area contributed by atoms with E-state index in [4.69, 9.17) is 4.74 Å². The molecule has 0 spiro atoms. The zero-order valence-electron chi connectivity index (χ0n) is 10.1. The summed E-state index contributed by atoms with van der Waals surface area (Å²) < 4.78 is 42.8. The Bertz CT molecular complexity index is 401. The highest BCUT2D eigenvalue weighted by Crippen LogP contribution is 2.35. The molecule has 0 aromatic heterocycles. The monoisotopic (exact) mass is 259 g/mol. The number of hydrogen-bond acceptors (Lipinski definition) is 2. The quantitative estimate of drug-likeness (QED) is 0.873. The molecule has 100 valence electrons. The van der Waals surface area contributed by atoms with Gasteiger partial charge in [0, 0.05) is 12.8 Å². The van der Waals surface area contributed by atoms with Crippen molar-refractivity contribution in [2.24, 2.45) is 5.92 Å². The first kappa shape index (κ1) is 13.2. The standard InChI is InChI=1S/C13H16F3NO/c1-18-8-12(9-5-6-9)17-11-4-2-3-10(7-11)13(14,15)16/h2-4,7,9,12,17H,5-6,8H2,1H3. The predicted molar refractivity (Wildman–Crippen MR) is 63.5 cm³/mol. The first-order valence-electron chi connectivity index (χ1n) is 5.93. The molecule has 1 aliphatic carbocycles. The maximum atomic E-state index is 12.6. The molecule has 0 heterocycles. The Hall–Kier alpha value is -1.23. The highest BCUT2D eigenvalue weighted by atomic mass is 19.4. The Morgan fingerprint density at radius 1 is 1.39 bits per heavy atom. The van der Waals surface area contributed by atoms with Gasteiger partial charge in [0.1, 0.15) is 0 Å². The Labute approximate surface area is 104 Å². The van der Waals surface area contributed by atoms with Gasteiger partial charge in [0.2, 0.25) is 0 Å². The largest absolute Gasteiger partial charge is 0.416 e. The van der Waals surface area contributed by atoms with Crippen LogP contribution in [-0.4, -0.2) is 19.8 Å². The molecular formula is C13H16F3NO. The van der Waals surface area contributed by atoms with E-state index >= 15 is 0 Å². The molecule has 1 aromatic carbocycles. The number of alkyl halides is 3. The molecule has 0 aliphatic heterocycles. The van der Waals surface area contributed by atoms with Gasteiger partial charge in [0.15, 0.2) is 0 Å². The number of halogens is 3. The third-order valence-corrected chi connectivity index (χ3v) is 3.08. The Morgan fingerprint density at radius 2 is 2.11 bits per heavy atom. The van der Waals surface area contributed by atoms with Gasteiger partial charge in [0.25, 0.3) is 0 Å². The van der Waals surface area contributed by atoms with Crippen LogP contribution in [0.1, 0.15) is 18.4 Å². The maximum Gasteiger partial charge on any atom is 0.416 e. The fourth-order valence-corrected chi connectivity index (χ4v) is 1.97. The molecule has 2 nitrogen and oxygen atoms in total. The topological polar surface area (TPSA) is 21.3 Å². The molecule has 5 heteroatoms. The van der Waals surface area contributed by atoms with Crippen LogP contribution >= 0.6 is 0 Å². The van der Waals surface area contributed by atoms with Crippen LogP contribution in [0.2, 0.25) is 0 Å². The number of rotatable bonds is 5. The lowest BCUT2D eigenvalue weighted by Crippen LogP contribution is -2.27. The second kappa shape index (κ2) is 5.18. The molecule has 1 atom stereocenters. The van der Waals surface area contributed by atoms with Crippen molar-refractivity contribution in [1.82, 2.24) is 0 Å². The van der Waals surface area contributed by atoms with E-state index in [0.717, 1.165) is 25.0 Å². The number of nitrogens with one attached hydrogen (secondary N) is 1. The molecule has 1 fully saturated rings. The first-order chi connectivity index (χ1) is 8.50. The van der Waals surface area contributed by atoms with E-state index in [1.165, 1.54) is 6.07 Å². The van der Waals surface area contributed by atoms with Crippen LogP contribution < -0.4 is 5.32 Å². The maximum absolute atomic E-state index is 12.6. The van der Waals surface area contributed by atoms with Crippen LogP contribution in [0.4, 0.5) is 18.9 Å². The SMILES string of the molecule is COCC(Nc1cccc(C(F)(F)F)c1)C1CC1. The van der Waals surface area contributed by atoms with Crippen molar-refractivity contribution in [3.05, 3.63) is 29.8 Å². The van der Waals surface area contributed by atoms with Crippen molar-refractivity contribution in [2.45, 2.75) is 25.1 Å². The zero-order chi connectivity index (χ0) is 13.2. The van der Waals surface area contributed by atoms with E-state index < -0.39 is 11.7 Å². The summed E-state index contributed by atoms with van der Waals surface area (Å²) in [6.45, 7) is 0.515. The lowest BCUT2D eigenvalue weighted by atomic mass is 10.1. The van der Waals surface area contributed by atoms with Crippen LogP contribution in [0.15, 0.2) is 24.3 Å². The molecule has 1 N–H and O–H groups in total. The summed E-state index contributed by atoms with van der Waals surface area (Å²) in [5.74, 6) is 0.513. The van der Waals surface area contributed by atoms with Crippen molar-refractivity contribution in [1.29, 1.82) is 0 Å². The normalized spacial score (nSPS) is 17.6. The summed E-state index contributed by atoms with van der Waals surface area (Å²) in [4.78, 5) is 0. The highest BCUT2D eigenvalue weighted by molar-refractivity contribution is 5.47. The fraction of sp³-hybridized carbons (Fsp3) is 0.538. The van der Waals surface area contributed by atoms with Gasteiger partial charge in [-0.2, -0.15) is 13.2 Å². The van der Waals surface area contributed by atoms with Crippen molar-refractivity contribution in [3.8, 4) is 0 Å². The van der Waals surface area contributed by atoms with Gasteiger partial charge >= 0.3 is 6.18 Å². The van der Waals surface area contributed by atoms with Crippen LogP contribution in [0, 0.1) is 5.92 Å². The summed E-state index contributed by atoms with van der Waals surface area (Å²) >= 11 is 0. The Morgan fingerprint density at radius 3 is 2.67 bits per heavy atom. The Kier molecular flexibility index (Phi) is 3.80. The van der Waals surface area contributed by atoms with E-state index in [1.807, 2.05) is 0 Å². The van der Waals surface area contributed by atoms with Crippen LogP contribution in [0.25, 0.3) is 0 Å². The van der Waals surface area contributed by atoms with E-state index in [1.54, 1.807) is 13.2 Å². The van der Waals surface area contributed by atoms with Gasteiger partial charge in [-0.15, -0.1) is 0 Å². The number of benzene rings is 1. The summed E-state index contributed by atoms with van der Waals surface area (Å²) in [5.41, 5.74) is -0.127. The summed E-state index contributed by atoms with van der Waals surface area (Å²) in [7, 11) is 1.60. The van der Waals surface area contributed by atoms with Crippen molar-refractivity contribution in [3.63, 3.8) is 0 Å². The average Bonchev–Trinajstić information content (AvgIpc) is 3.11.